The average Bonchev–Trinajstić information content (AvgIpc) is 3.36. The normalized spacial score (nSPS) is 16.5. The highest BCUT2D eigenvalue weighted by atomic mass is 16.6. The Hall–Kier alpha value is -2.90. The quantitative estimate of drug-likeness (QED) is 0.718. The van der Waals surface area contributed by atoms with Gasteiger partial charge in [0.15, 0.2) is 0 Å². The highest BCUT2D eigenvalue weighted by molar-refractivity contribution is 5.94. The number of benzene rings is 1. The molecule has 8 nitrogen and oxygen atoms in total. The van der Waals surface area contributed by atoms with E-state index in [2.05, 4.69) is 22.4 Å². The summed E-state index contributed by atoms with van der Waals surface area (Å²) in [6.45, 7) is 9.40. The van der Waals surface area contributed by atoms with Crippen molar-refractivity contribution in [2.24, 2.45) is 0 Å². The van der Waals surface area contributed by atoms with E-state index in [1.807, 2.05) is 32.9 Å². The number of carbonyl (C=O) groups excluding carboxylic acids is 2. The van der Waals surface area contributed by atoms with Crippen LogP contribution < -0.4 is 5.32 Å². The third kappa shape index (κ3) is 5.58. The van der Waals surface area contributed by atoms with Crippen molar-refractivity contribution in [3.8, 4) is 11.4 Å². The van der Waals surface area contributed by atoms with Crippen LogP contribution in [0.15, 0.2) is 28.8 Å². The Balaban J connectivity index is 1.60. The summed E-state index contributed by atoms with van der Waals surface area (Å²) in [6.07, 6.45) is 2.42. The third-order valence-corrected chi connectivity index (χ3v) is 4.85. The number of rotatable bonds is 6. The van der Waals surface area contributed by atoms with E-state index in [9.17, 15) is 9.59 Å². The van der Waals surface area contributed by atoms with Gasteiger partial charge in [0.2, 0.25) is 11.7 Å². The number of likely N-dealkylation sites (tertiary alicyclic amines) is 1. The largest absolute Gasteiger partial charge is 0.444 e. The Bertz CT molecular complexity index is 870. The lowest BCUT2D eigenvalue weighted by Gasteiger charge is -2.24. The number of carbonyl (C=O) groups is 2. The minimum atomic E-state index is -0.522. The fraction of sp³-hybridized carbons (Fsp3) is 0.545. The summed E-state index contributed by atoms with van der Waals surface area (Å²) in [5, 5.41) is 6.97. The first-order valence-corrected chi connectivity index (χ1v) is 10.5. The smallest absolute Gasteiger partial charge is 0.410 e. The van der Waals surface area contributed by atoms with Crippen molar-refractivity contribution in [1.29, 1.82) is 0 Å². The number of hydrogen-bond acceptors (Lipinski definition) is 6. The Morgan fingerprint density at radius 1 is 1.27 bits per heavy atom. The Kier molecular flexibility index (Phi) is 6.74. The molecule has 3 rings (SSSR count). The average molecular weight is 415 g/mol. The number of nitrogens with zero attached hydrogens (tertiary/aromatic N) is 3. The van der Waals surface area contributed by atoms with Gasteiger partial charge < -0.3 is 19.5 Å². The molecule has 0 radical (unpaired) electrons. The van der Waals surface area contributed by atoms with Crippen LogP contribution in [0.2, 0.25) is 0 Å². The van der Waals surface area contributed by atoms with E-state index >= 15 is 0 Å². The second-order valence-electron chi connectivity index (χ2n) is 8.55. The van der Waals surface area contributed by atoms with Gasteiger partial charge in [0.05, 0.1) is 5.92 Å². The van der Waals surface area contributed by atoms with Crippen LogP contribution in [0, 0.1) is 0 Å². The molecule has 1 aliphatic rings. The Labute approximate surface area is 177 Å². The number of hydrogen-bond donors (Lipinski definition) is 1. The molecule has 2 aromatic rings. The van der Waals surface area contributed by atoms with E-state index in [-0.39, 0.29) is 17.9 Å². The standard InChI is InChI=1S/C22H30N4O4/c1-5-6-12-23-19(27)16-9-7-15(8-10-16)18-24-20(30-25-18)17-11-13-26(14-17)21(28)29-22(2,3)4/h7-10,17H,5-6,11-14H2,1-4H3,(H,23,27)/t17-/m1/s1. The molecule has 162 valence electrons. The first kappa shape index (κ1) is 21.8. The molecule has 1 N–H and O–H groups in total. The predicted octanol–water partition coefficient (Wildman–Crippen LogP) is 3.99. The van der Waals surface area contributed by atoms with E-state index in [0.717, 1.165) is 24.8 Å². The fourth-order valence-corrected chi connectivity index (χ4v) is 3.22. The second-order valence-corrected chi connectivity index (χ2v) is 8.55. The Morgan fingerprint density at radius 3 is 2.67 bits per heavy atom. The van der Waals surface area contributed by atoms with Crippen molar-refractivity contribution >= 4 is 12.0 Å². The molecule has 1 atom stereocenters. The lowest BCUT2D eigenvalue weighted by molar-refractivity contribution is 0.0291. The number of ether oxygens (including phenoxy) is 1. The molecule has 0 saturated carbocycles. The molecule has 0 unspecified atom stereocenters. The van der Waals surface area contributed by atoms with Gasteiger partial charge in [0.25, 0.3) is 5.91 Å². The van der Waals surface area contributed by atoms with E-state index in [1.165, 1.54) is 0 Å². The number of aromatic nitrogens is 2. The molecule has 8 heteroatoms. The maximum absolute atomic E-state index is 12.2. The van der Waals surface area contributed by atoms with Gasteiger partial charge in [-0.05, 0) is 45.7 Å². The molecule has 1 aromatic heterocycles. The van der Waals surface area contributed by atoms with Gasteiger partial charge in [0, 0.05) is 30.8 Å². The fourth-order valence-electron chi connectivity index (χ4n) is 3.22. The maximum Gasteiger partial charge on any atom is 0.410 e. The molecule has 30 heavy (non-hydrogen) atoms. The maximum atomic E-state index is 12.2. The SMILES string of the molecule is CCCCNC(=O)c1ccc(-c2noc([C@@H]3CCN(C(=O)OC(C)(C)C)C3)n2)cc1. The summed E-state index contributed by atoms with van der Waals surface area (Å²) >= 11 is 0. The molecule has 0 spiro atoms. The zero-order valence-corrected chi connectivity index (χ0v) is 18.1. The lowest BCUT2D eigenvalue weighted by Crippen LogP contribution is -2.35. The molecule has 0 aliphatic carbocycles. The zero-order chi connectivity index (χ0) is 21.7. The Morgan fingerprint density at radius 2 is 2.00 bits per heavy atom. The van der Waals surface area contributed by atoms with Crippen molar-refractivity contribution < 1.29 is 18.8 Å². The van der Waals surface area contributed by atoms with Crippen LogP contribution in [0.3, 0.4) is 0 Å². The highest BCUT2D eigenvalue weighted by Crippen LogP contribution is 2.29. The van der Waals surface area contributed by atoms with Crippen LogP contribution in [0.4, 0.5) is 4.79 Å². The first-order valence-electron chi connectivity index (χ1n) is 10.5. The van der Waals surface area contributed by atoms with Crippen LogP contribution in [0.1, 0.15) is 69.1 Å². The van der Waals surface area contributed by atoms with Gasteiger partial charge in [-0.25, -0.2) is 4.79 Å². The monoisotopic (exact) mass is 414 g/mol. The van der Waals surface area contributed by atoms with Gasteiger partial charge in [0.1, 0.15) is 5.60 Å². The van der Waals surface area contributed by atoms with Crippen LogP contribution in [-0.2, 0) is 4.74 Å². The molecule has 1 fully saturated rings. The van der Waals surface area contributed by atoms with Crippen molar-refractivity contribution in [2.75, 3.05) is 19.6 Å². The van der Waals surface area contributed by atoms with Gasteiger partial charge >= 0.3 is 6.09 Å². The summed E-state index contributed by atoms with van der Waals surface area (Å²) in [5.41, 5.74) is 0.853. The summed E-state index contributed by atoms with van der Waals surface area (Å²) in [7, 11) is 0. The topological polar surface area (TPSA) is 97.6 Å². The molecule has 2 amide bonds. The van der Waals surface area contributed by atoms with Crippen molar-refractivity contribution in [3.63, 3.8) is 0 Å². The zero-order valence-electron chi connectivity index (χ0n) is 18.1. The molecule has 0 bridgehead atoms. The van der Waals surface area contributed by atoms with E-state index in [0.29, 0.717) is 36.9 Å². The molecular formula is C22H30N4O4. The van der Waals surface area contributed by atoms with E-state index < -0.39 is 5.60 Å². The van der Waals surface area contributed by atoms with Crippen molar-refractivity contribution in [3.05, 3.63) is 35.7 Å². The van der Waals surface area contributed by atoms with Crippen LogP contribution >= 0.6 is 0 Å². The van der Waals surface area contributed by atoms with Gasteiger partial charge in [-0.15, -0.1) is 0 Å². The highest BCUT2D eigenvalue weighted by Gasteiger charge is 2.33. The van der Waals surface area contributed by atoms with Gasteiger partial charge in [-0.1, -0.05) is 30.6 Å². The first-order chi connectivity index (χ1) is 14.3. The van der Waals surface area contributed by atoms with E-state index in [1.54, 1.807) is 17.0 Å². The van der Waals surface area contributed by atoms with E-state index in [4.69, 9.17) is 9.26 Å². The summed E-state index contributed by atoms with van der Waals surface area (Å²) in [6, 6.07) is 7.13. The summed E-state index contributed by atoms with van der Waals surface area (Å²) in [5.74, 6) is 0.885. The number of amides is 2. The van der Waals surface area contributed by atoms with Crippen LogP contribution in [0.25, 0.3) is 11.4 Å². The lowest BCUT2D eigenvalue weighted by atomic mass is 10.1. The number of unbranched alkanes of at least 4 members (excludes halogenated alkanes) is 1. The predicted molar refractivity (Wildman–Crippen MR) is 112 cm³/mol. The molecule has 1 saturated heterocycles. The summed E-state index contributed by atoms with van der Waals surface area (Å²) < 4.78 is 10.9. The molecular weight excluding hydrogens is 384 g/mol. The van der Waals surface area contributed by atoms with Crippen molar-refractivity contribution in [2.45, 2.75) is 58.5 Å². The minimum Gasteiger partial charge on any atom is -0.444 e. The minimum absolute atomic E-state index is 0.0117. The summed E-state index contributed by atoms with van der Waals surface area (Å²) in [4.78, 5) is 30.5. The molecule has 1 aromatic carbocycles. The van der Waals surface area contributed by atoms with Crippen LogP contribution in [-0.4, -0.2) is 52.3 Å². The van der Waals surface area contributed by atoms with Crippen LogP contribution in [0.5, 0.6) is 0 Å². The second kappa shape index (κ2) is 9.28. The number of nitrogens with one attached hydrogen (secondary N) is 1. The molecule has 1 aliphatic heterocycles. The third-order valence-electron chi connectivity index (χ3n) is 4.85. The van der Waals surface area contributed by atoms with Gasteiger partial charge in [-0.3, -0.25) is 4.79 Å². The van der Waals surface area contributed by atoms with Gasteiger partial charge in [-0.2, -0.15) is 4.98 Å². The molecule has 2 heterocycles. The van der Waals surface area contributed by atoms with Crippen molar-refractivity contribution in [1.82, 2.24) is 20.4 Å².